The number of nitrogens with one attached hydrogen (secondary N) is 2. The quantitative estimate of drug-likeness (QED) is 0.262. The van der Waals surface area contributed by atoms with E-state index in [0.717, 1.165) is 49.7 Å². The van der Waals surface area contributed by atoms with Crippen LogP contribution in [0.3, 0.4) is 0 Å². The zero-order chi connectivity index (χ0) is 30.7. The van der Waals surface area contributed by atoms with Crippen LogP contribution >= 0.6 is 0 Å². The maximum absolute atomic E-state index is 12.9. The van der Waals surface area contributed by atoms with E-state index in [1.807, 2.05) is 60.5 Å². The molecule has 2 aliphatic carbocycles. The number of carbonyl (C=O) groups is 3. The van der Waals surface area contributed by atoms with E-state index in [1.54, 1.807) is 4.90 Å². The van der Waals surface area contributed by atoms with Crippen LogP contribution in [0.2, 0.25) is 0 Å². The standard InChI is InChI=1S/C34H45N5O5/c1-38(27-13-6-3-7-14-27)31(40)17-10-20-43-29-18-19-30-26(21-29)23-39(24-32(41)44-28-15-8-9-16-28)33(36-30)37-34(42)35-22-25-11-4-2-5-12-25/h2,4-5,11-12,18-19,21,27-28H,3,6-10,13-17,20,22-24H2,1H3,(H2,35,36,37,42). The van der Waals surface area contributed by atoms with Crippen molar-refractivity contribution in [2.45, 2.75) is 95.9 Å². The Bertz CT molecular complexity index is 1300. The van der Waals surface area contributed by atoms with Crippen LogP contribution < -0.4 is 15.4 Å². The lowest BCUT2D eigenvalue weighted by Crippen LogP contribution is -2.50. The lowest BCUT2D eigenvalue weighted by atomic mass is 9.94. The van der Waals surface area contributed by atoms with E-state index in [2.05, 4.69) is 15.6 Å². The van der Waals surface area contributed by atoms with Gasteiger partial charge in [-0.15, -0.1) is 0 Å². The Balaban J connectivity index is 1.18. The summed E-state index contributed by atoms with van der Waals surface area (Å²) in [7, 11) is 1.93. The molecule has 2 aromatic rings. The van der Waals surface area contributed by atoms with E-state index in [4.69, 9.17) is 9.47 Å². The van der Waals surface area contributed by atoms with E-state index in [0.29, 0.717) is 56.0 Å². The molecule has 2 saturated carbocycles. The van der Waals surface area contributed by atoms with E-state index < -0.39 is 6.03 Å². The Morgan fingerprint density at radius 2 is 1.73 bits per heavy atom. The van der Waals surface area contributed by atoms with E-state index in [1.165, 1.54) is 19.3 Å². The van der Waals surface area contributed by atoms with Gasteiger partial charge in [-0.25, -0.2) is 9.79 Å². The van der Waals surface area contributed by atoms with Crippen LogP contribution in [0.25, 0.3) is 0 Å². The summed E-state index contributed by atoms with van der Waals surface area (Å²) >= 11 is 0. The van der Waals surface area contributed by atoms with Gasteiger partial charge in [-0.1, -0.05) is 49.6 Å². The van der Waals surface area contributed by atoms with E-state index in [-0.39, 0.29) is 24.5 Å². The average molecular weight is 604 g/mol. The van der Waals surface area contributed by atoms with Gasteiger partial charge in [0, 0.05) is 38.2 Å². The molecule has 2 N–H and O–H groups in total. The molecule has 0 spiro atoms. The SMILES string of the molecule is CN(C(=O)CCCOc1ccc2c(c1)CN(CC(=O)OC1CCCC1)C(NC(=O)NCc1ccccc1)=N2)C1CCCCC1. The third kappa shape index (κ3) is 8.97. The van der Waals surface area contributed by atoms with Gasteiger partial charge in [0.1, 0.15) is 18.4 Å². The van der Waals surface area contributed by atoms with Gasteiger partial charge in [0.15, 0.2) is 0 Å². The number of fused-ring (bicyclic) bond motifs is 1. The lowest BCUT2D eigenvalue weighted by Gasteiger charge is -2.31. The minimum Gasteiger partial charge on any atom is -0.494 e. The van der Waals surface area contributed by atoms with Crippen molar-refractivity contribution in [1.82, 2.24) is 20.4 Å². The van der Waals surface area contributed by atoms with Crippen LogP contribution in [0, 0.1) is 0 Å². The second-order valence-corrected chi connectivity index (χ2v) is 12.0. The molecule has 1 aliphatic heterocycles. The first-order valence-electron chi connectivity index (χ1n) is 16.1. The van der Waals surface area contributed by atoms with Crippen LogP contribution in [0.1, 0.15) is 81.8 Å². The van der Waals surface area contributed by atoms with Gasteiger partial charge in [0.2, 0.25) is 11.9 Å². The van der Waals surface area contributed by atoms with Gasteiger partial charge >= 0.3 is 12.0 Å². The number of guanidine groups is 1. The number of rotatable bonds is 11. The van der Waals surface area contributed by atoms with E-state index in [9.17, 15) is 14.4 Å². The molecule has 1 heterocycles. The number of amides is 3. The molecule has 0 bridgehead atoms. The molecule has 2 aromatic carbocycles. The highest BCUT2D eigenvalue weighted by Crippen LogP contribution is 2.30. The molecular formula is C34H45N5O5. The minimum atomic E-state index is -0.408. The maximum atomic E-state index is 12.9. The van der Waals surface area contributed by atoms with Crippen LogP contribution in [-0.2, 0) is 27.4 Å². The van der Waals surface area contributed by atoms with Gasteiger partial charge in [-0.3, -0.25) is 14.9 Å². The Morgan fingerprint density at radius 1 is 0.977 bits per heavy atom. The van der Waals surface area contributed by atoms with Gasteiger partial charge in [-0.2, -0.15) is 0 Å². The molecule has 10 heteroatoms. The monoisotopic (exact) mass is 603 g/mol. The highest BCUT2D eigenvalue weighted by atomic mass is 16.5. The minimum absolute atomic E-state index is 0.0323. The average Bonchev–Trinajstić information content (AvgIpc) is 3.55. The molecule has 0 saturated heterocycles. The van der Waals surface area contributed by atoms with Crippen molar-refractivity contribution in [3.63, 3.8) is 0 Å². The smallest absolute Gasteiger partial charge is 0.325 e. The highest BCUT2D eigenvalue weighted by molar-refractivity contribution is 5.99. The van der Waals surface area contributed by atoms with Crippen LogP contribution in [-0.4, -0.2) is 66.0 Å². The fourth-order valence-electron chi connectivity index (χ4n) is 6.16. The molecule has 0 atom stereocenters. The number of hydrogen-bond donors (Lipinski definition) is 2. The first-order chi connectivity index (χ1) is 21.4. The number of ether oxygens (including phenoxy) is 2. The molecule has 236 valence electrons. The number of esters is 1. The second-order valence-electron chi connectivity index (χ2n) is 12.0. The van der Waals surface area contributed by atoms with Gasteiger partial charge in [-0.05, 0) is 68.7 Å². The highest BCUT2D eigenvalue weighted by Gasteiger charge is 2.27. The number of benzene rings is 2. The van der Waals surface area contributed by atoms with Crippen LogP contribution in [0.15, 0.2) is 53.5 Å². The summed E-state index contributed by atoms with van der Waals surface area (Å²) in [5, 5.41) is 5.68. The summed E-state index contributed by atoms with van der Waals surface area (Å²) < 4.78 is 11.7. The van der Waals surface area contributed by atoms with Gasteiger partial charge < -0.3 is 24.6 Å². The summed E-state index contributed by atoms with van der Waals surface area (Å²) in [6.07, 6.45) is 10.8. The molecule has 44 heavy (non-hydrogen) atoms. The summed E-state index contributed by atoms with van der Waals surface area (Å²) in [6, 6.07) is 15.2. The second kappa shape index (κ2) is 15.6. The number of nitrogens with zero attached hydrogens (tertiary/aromatic N) is 3. The normalized spacial score (nSPS) is 16.9. The zero-order valence-electron chi connectivity index (χ0n) is 25.8. The fourth-order valence-corrected chi connectivity index (χ4v) is 6.16. The maximum Gasteiger partial charge on any atom is 0.325 e. The lowest BCUT2D eigenvalue weighted by molar-refractivity contribution is -0.149. The molecule has 0 radical (unpaired) electrons. The van der Waals surface area contributed by atoms with Crippen molar-refractivity contribution in [3.05, 3.63) is 59.7 Å². The van der Waals surface area contributed by atoms with Crippen molar-refractivity contribution in [2.75, 3.05) is 20.2 Å². The Hall–Kier alpha value is -4.08. The molecule has 0 unspecified atom stereocenters. The molecule has 3 amide bonds. The zero-order valence-corrected chi connectivity index (χ0v) is 25.8. The predicted octanol–water partition coefficient (Wildman–Crippen LogP) is 5.43. The van der Waals surface area contributed by atoms with Crippen molar-refractivity contribution in [1.29, 1.82) is 0 Å². The number of aliphatic imine (C=N–C) groups is 1. The molecule has 2 fully saturated rings. The molecule has 0 aromatic heterocycles. The molecule has 10 nitrogen and oxygen atoms in total. The van der Waals surface area contributed by atoms with Gasteiger partial charge in [0.05, 0.1) is 12.3 Å². The van der Waals surface area contributed by atoms with E-state index >= 15 is 0 Å². The Morgan fingerprint density at radius 3 is 2.50 bits per heavy atom. The largest absolute Gasteiger partial charge is 0.494 e. The number of carbonyl (C=O) groups excluding carboxylic acids is 3. The Kier molecular flexibility index (Phi) is 11.1. The Labute approximate surface area is 260 Å². The van der Waals surface area contributed by atoms with Crippen molar-refractivity contribution in [3.8, 4) is 5.75 Å². The molecular weight excluding hydrogens is 558 g/mol. The third-order valence-corrected chi connectivity index (χ3v) is 8.70. The molecule has 3 aliphatic rings. The fraction of sp³-hybridized carbons (Fsp3) is 0.529. The first-order valence-corrected chi connectivity index (χ1v) is 16.1. The summed E-state index contributed by atoms with van der Waals surface area (Å²) in [5.74, 6) is 0.807. The van der Waals surface area contributed by atoms with Crippen molar-refractivity contribution < 1.29 is 23.9 Å². The van der Waals surface area contributed by atoms with Gasteiger partial charge in [0.25, 0.3) is 0 Å². The molecule has 5 rings (SSSR count). The number of hydrogen-bond acceptors (Lipinski definition) is 7. The summed E-state index contributed by atoms with van der Waals surface area (Å²) in [4.78, 5) is 46.7. The summed E-state index contributed by atoms with van der Waals surface area (Å²) in [6.45, 7) is 1.12. The van der Waals surface area contributed by atoms with Crippen LogP contribution in [0.4, 0.5) is 10.5 Å². The number of urea groups is 1. The van der Waals surface area contributed by atoms with Crippen LogP contribution in [0.5, 0.6) is 5.75 Å². The topological polar surface area (TPSA) is 113 Å². The predicted molar refractivity (Wildman–Crippen MR) is 168 cm³/mol. The third-order valence-electron chi connectivity index (χ3n) is 8.70. The summed E-state index contributed by atoms with van der Waals surface area (Å²) in [5.41, 5.74) is 2.55. The van der Waals surface area contributed by atoms with Crippen molar-refractivity contribution in [2.24, 2.45) is 4.99 Å². The first kappa shape index (κ1) is 31.3. The van der Waals surface area contributed by atoms with Crippen molar-refractivity contribution >= 4 is 29.6 Å².